The van der Waals surface area contributed by atoms with Crippen LogP contribution in [-0.4, -0.2) is 41.2 Å². The number of nitrogens with zero attached hydrogens (tertiary/aromatic N) is 2. The van der Waals surface area contributed by atoms with Gasteiger partial charge in [-0.1, -0.05) is 12.2 Å². The SMILES string of the molecule is C[C@H](OC(=O)CN1C(=O)[C@H]2CC=CC[C@H]2C1=O)C(=O)Nc1ccc(C#N)cc1. The summed E-state index contributed by atoms with van der Waals surface area (Å²) in [6, 6.07) is 8.18. The van der Waals surface area contributed by atoms with Gasteiger partial charge in [-0.3, -0.25) is 24.1 Å². The number of esters is 1. The zero-order valence-corrected chi connectivity index (χ0v) is 15.3. The predicted octanol–water partition coefficient (Wildman–Crippen LogP) is 1.38. The molecule has 1 heterocycles. The highest BCUT2D eigenvalue weighted by molar-refractivity contribution is 6.07. The number of nitrogens with one attached hydrogen (secondary N) is 1. The smallest absolute Gasteiger partial charge is 0.326 e. The lowest BCUT2D eigenvalue weighted by molar-refractivity contribution is -0.158. The van der Waals surface area contributed by atoms with E-state index in [9.17, 15) is 19.2 Å². The summed E-state index contributed by atoms with van der Waals surface area (Å²) >= 11 is 0. The number of nitriles is 1. The molecule has 0 unspecified atom stereocenters. The van der Waals surface area contributed by atoms with Crippen molar-refractivity contribution in [1.29, 1.82) is 5.26 Å². The van der Waals surface area contributed by atoms with Crippen LogP contribution in [-0.2, 0) is 23.9 Å². The second kappa shape index (κ2) is 8.05. The second-order valence-corrected chi connectivity index (χ2v) is 6.73. The van der Waals surface area contributed by atoms with Crippen molar-refractivity contribution in [3.8, 4) is 6.07 Å². The Kier molecular flexibility index (Phi) is 5.54. The first kappa shape index (κ1) is 19.3. The maximum Gasteiger partial charge on any atom is 0.326 e. The van der Waals surface area contributed by atoms with Crippen LogP contribution in [0.1, 0.15) is 25.3 Å². The molecule has 28 heavy (non-hydrogen) atoms. The highest BCUT2D eigenvalue weighted by atomic mass is 16.5. The van der Waals surface area contributed by atoms with E-state index in [0.29, 0.717) is 24.1 Å². The van der Waals surface area contributed by atoms with Crippen LogP contribution in [0.15, 0.2) is 36.4 Å². The number of carbonyl (C=O) groups excluding carboxylic acids is 4. The third-order valence-electron chi connectivity index (χ3n) is 4.85. The summed E-state index contributed by atoms with van der Waals surface area (Å²) in [5.74, 6) is -2.95. The molecule has 0 aromatic heterocycles. The van der Waals surface area contributed by atoms with Crippen LogP contribution in [0, 0.1) is 23.2 Å². The zero-order chi connectivity index (χ0) is 20.3. The molecule has 0 bridgehead atoms. The van der Waals surface area contributed by atoms with Crippen molar-refractivity contribution < 1.29 is 23.9 Å². The number of hydrogen-bond donors (Lipinski definition) is 1. The van der Waals surface area contributed by atoms with E-state index in [2.05, 4.69) is 5.32 Å². The fourth-order valence-electron chi connectivity index (χ4n) is 3.31. The van der Waals surface area contributed by atoms with Crippen molar-refractivity contribution in [2.24, 2.45) is 11.8 Å². The van der Waals surface area contributed by atoms with E-state index in [1.807, 2.05) is 18.2 Å². The van der Waals surface area contributed by atoms with Gasteiger partial charge in [0.1, 0.15) is 6.54 Å². The van der Waals surface area contributed by atoms with Gasteiger partial charge in [0.2, 0.25) is 11.8 Å². The van der Waals surface area contributed by atoms with E-state index in [0.717, 1.165) is 4.90 Å². The number of carbonyl (C=O) groups is 4. The maximum atomic E-state index is 12.4. The molecule has 1 aromatic rings. The standard InChI is InChI=1S/C20H19N3O5/c1-12(18(25)22-14-8-6-13(10-21)7-9-14)28-17(24)11-23-19(26)15-4-2-3-5-16(15)20(23)27/h2-3,6-9,12,15-16H,4-5,11H2,1H3,(H,22,25)/t12-,15-,16+/m0/s1. The van der Waals surface area contributed by atoms with E-state index in [1.54, 1.807) is 24.3 Å². The number of amides is 3. The molecule has 1 aromatic carbocycles. The molecule has 0 radical (unpaired) electrons. The lowest BCUT2D eigenvalue weighted by atomic mass is 9.85. The molecule has 8 nitrogen and oxygen atoms in total. The molecular weight excluding hydrogens is 362 g/mol. The Balaban J connectivity index is 1.54. The van der Waals surface area contributed by atoms with Gasteiger partial charge in [0, 0.05) is 5.69 Å². The monoisotopic (exact) mass is 381 g/mol. The van der Waals surface area contributed by atoms with Crippen molar-refractivity contribution in [3.05, 3.63) is 42.0 Å². The topological polar surface area (TPSA) is 117 Å². The number of hydrogen-bond acceptors (Lipinski definition) is 6. The van der Waals surface area contributed by atoms with Crippen molar-refractivity contribution in [2.45, 2.75) is 25.9 Å². The molecule has 1 aliphatic heterocycles. The van der Waals surface area contributed by atoms with Gasteiger partial charge >= 0.3 is 5.97 Å². The predicted molar refractivity (Wildman–Crippen MR) is 97.4 cm³/mol. The van der Waals surface area contributed by atoms with E-state index in [1.165, 1.54) is 6.92 Å². The fourth-order valence-corrected chi connectivity index (χ4v) is 3.31. The summed E-state index contributed by atoms with van der Waals surface area (Å²) in [5, 5.41) is 11.3. The maximum absolute atomic E-state index is 12.4. The Bertz CT molecular complexity index is 858. The van der Waals surface area contributed by atoms with Gasteiger partial charge in [0.25, 0.3) is 5.91 Å². The lowest BCUT2D eigenvalue weighted by Gasteiger charge is -2.17. The molecule has 144 valence electrons. The van der Waals surface area contributed by atoms with Crippen molar-refractivity contribution >= 4 is 29.4 Å². The number of benzene rings is 1. The van der Waals surface area contributed by atoms with Crippen molar-refractivity contribution in [2.75, 3.05) is 11.9 Å². The molecule has 3 rings (SSSR count). The molecule has 8 heteroatoms. The first-order valence-electron chi connectivity index (χ1n) is 8.91. The van der Waals surface area contributed by atoms with Crippen molar-refractivity contribution in [1.82, 2.24) is 4.90 Å². The van der Waals surface area contributed by atoms with Crippen molar-refractivity contribution in [3.63, 3.8) is 0 Å². The minimum Gasteiger partial charge on any atom is -0.451 e. The number of fused-ring (bicyclic) bond motifs is 1. The number of rotatable bonds is 5. The van der Waals surface area contributed by atoms with Crippen LogP contribution in [0.3, 0.4) is 0 Å². The van der Waals surface area contributed by atoms with Crippen LogP contribution in [0.25, 0.3) is 0 Å². The normalized spacial score (nSPS) is 21.6. The number of likely N-dealkylation sites (tertiary alicyclic amines) is 1. The van der Waals surface area contributed by atoms with Crippen LogP contribution in [0.4, 0.5) is 5.69 Å². The molecule has 0 saturated carbocycles. The third kappa shape index (κ3) is 3.93. The minimum absolute atomic E-state index is 0.369. The summed E-state index contributed by atoms with van der Waals surface area (Å²) < 4.78 is 5.08. The van der Waals surface area contributed by atoms with Crippen LogP contribution in [0.5, 0.6) is 0 Å². The summed E-state index contributed by atoms with van der Waals surface area (Å²) in [7, 11) is 0. The summed E-state index contributed by atoms with van der Waals surface area (Å²) in [5.41, 5.74) is 0.904. The van der Waals surface area contributed by atoms with Gasteiger partial charge in [-0.05, 0) is 44.0 Å². The first-order valence-corrected chi connectivity index (χ1v) is 8.91. The molecule has 2 aliphatic rings. The van der Waals surface area contributed by atoms with Gasteiger partial charge in [-0.2, -0.15) is 5.26 Å². The quantitative estimate of drug-likeness (QED) is 0.468. The Labute approximate surface area is 161 Å². The Morgan fingerprint density at radius 3 is 2.29 bits per heavy atom. The number of allylic oxidation sites excluding steroid dienone is 2. The van der Waals surface area contributed by atoms with Crippen LogP contribution < -0.4 is 5.32 Å². The molecule has 3 atom stereocenters. The van der Waals surface area contributed by atoms with Gasteiger partial charge in [0.15, 0.2) is 6.10 Å². The molecule has 1 N–H and O–H groups in total. The average Bonchev–Trinajstić information content (AvgIpc) is 2.93. The molecule has 1 saturated heterocycles. The van der Waals surface area contributed by atoms with E-state index >= 15 is 0 Å². The highest BCUT2D eigenvalue weighted by Crippen LogP contribution is 2.34. The largest absolute Gasteiger partial charge is 0.451 e. The fraction of sp³-hybridized carbons (Fsp3) is 0.350. The molecule has 0 spiro atoms. The Morgan fingerprint density at radius 2 is 1.75 bits per heavy atom. The highest BCUT2D eigenvalue weighted by Gasteiger charge is 2.47. The molecular formula is C20H19N3O5. The Morgan fingerprint density at radius 1 is 1.18 bits per heavy atom. The van der Waals surface area contributed by atoms with Crippen LogP contribution >= 0.6 is 0 Å². The second-order valence-electron chi connectivity index (χ2n) is 6.73. The molecule has 1 fully saturated rings. The average molecular weight is 381 g/mol. The van der Waals surface area contributed by atoms with Crippen LogP contribution in [0.2, 0.25) is 0 Å². The summed E-state index contributed by atoms with van der Waals surface area (Å²) in [4.78, 5) is 50.0. The summed E-state index contributed by atoms with van der Waals surface area (Å²) in [6.07, 6.45) is 3.60. The zero-order valence-electron chi connectivity index (χ0n) is 15.3. The van der Waals surface area contributed by atoms with Gasteiger partial charge in [-0.15, -0.1) is 0 Å². The number of ether oxygens (including phenoxy) is 1. The van der Waals surface area contributed by atoms with E-state index < -0.39 is 36.4 Å². The number of anilines is 1. The number of imide groups is 1. The minimum atomic E-state index is -1.11. The molecule has 1 aliphatic carbocycles. The van der Waals surface area contributed by atoms with E-state index in [-0.39, 0.29) is 11.8 Å². The first-order chi connectivity index (χ1) is 13.4. The third-order valence-corrected chi connectivity index (χ3v) is 4.85. The van der Waals surface area contributed by atoms with Gasteiger partial charge in [0.05, 0.1) is 23.5 Å². The Hall–Kier alpha value is -3.47. The molecule has 3 amide bonds. The lowest BCUT2D eigenvalue weighted by Crippen LogP contribution is -2.39. The van der Waals surface area contributed by atoms with Gasteiger partial charge < -0.3 is 10.1 Å². The summed E-state index contributed by atoms with van der Waals surface area (Å²) in [6.45, 7) is 0.896. The van der Waals surface area contributed by atoms with E-state index in [4.69, 9.17) is 10.00 Å². The van der Waals surface area contributed by atoms with Gasteiger partial charge in [-0.25, -0.2) is 0 Å².